The number of hydrogen-bond acceptors (Lipinski definition) is 7. The highest BCUT2D eigenvalue weighted by Gasteiger charge is 2.24. The number of hydrogen-bond donors (Lipinski definition) is 3. The first kappa shape index (κ1) is 27.5. The van der Waals surface area contributed by atoms with Crippen LogP contribution in [-0.2, 0) is 14.2 Å². The van der Waals surface area contributed by atoms with Gasteiger partial charge in [0.1, 0.15) is 17.8 Å². The lowest BCUT2D eigenvalue weighted by molar-refractivity contribution is 0.0145. The lowest BCUT2D eigenvalue weighted by Gasteiger charge is -2.29. The van der Waals surface area contributed by atoms with Crippen molar-refractivity contribution < 1.29 is 33.7 Å². The third-order valence-electron chi connectivity index (χ3n) is 3.17. The summed E-state index contributed by atoms with van der Waals surface area (Å²) >= 11 is 0. The molecular formula is C20H37N3O7. The van der Waals surface area contributed by atoms with Gasteiger partial charge >= 0.3 is 18.3 Å². The van der Waals surface area contributed by atoms with Crippen LogP contribution in [-0.4, -0.2) is 78.4 Å². The van der Waals surface area contributed by atoms with Crippen LogP contribution in [0.3, 0.4) is 0 Å². The van der Waals surface area contributed by atoms with Crippen molar-refractivity contribution in [3.8, 4) is 0 Å². The second kappa shape index (κ2) is 12.9. The maximum absolute atomic E-state index is 12.4. The smallest absolute Gasteiger partial charge is 0.410 e. The molecule has 0 rings (SSSR count). The van der Waals surface area contributed by atoms with Crippen LogP contribution >= 0.6 is 0 Å². The highest BCUT2D eigenvalue weighted by molar-refractivity contribution is 5.69. The Morgan fingerprint density at radius 1 is 1.03 bits per heavy atom. The maximum Gasteiger partial charge on any atom is 0.410 e. The Morgan fingerprint density at radius 3 is 2.17 bits per heavy atom. The molecule has 0 aliphatic heterocycles. The van der Waals surface area contributed by atoms with Gasteiger partial charge in [-0.2, -0.15) is 0 Å². The molecule has 0 saturated heterocycles. The van der Waals surface area contributed by atoms with Crippen LogP contribution in [0.2, 0.25) is 0 Å². The highest BCUT2D eigenvalue weighted by atomic mass is 16.6. The van der Waals surface area contributed by atoms with Gasteiger partial charge in [0.05, 0.1) is 12.6 Å². The van der Waals surface area contributed by atoms with E-state index in [1.165, 1.54) is 11.0 Å². The summed E-state index contributed by atoms with van der Waals surface area (Å²) in [4.78, 5) is 36.9. The molecule has 1 atom stereocenters. The Balaban J connectivity index is 4.64. The minimum Gasteiger partial charge on any atom is -0.445 e. The fourth-order valence-electron chi connectivity index (χ4n) is 2.06. The molecule has 10 heteroatoms. The largest absolute Gasteiger partial charge is 0.445 e. The molecule has 0 aromatic carbocycles. The van der Waals surface area contributed by atoms with Gasteiger partial charge in [0.25, 0.3) is 0 Å². The summed E-state index contributed by atoms with van der Waals surface area (Å²) in [6.07, 6.45) is -1.04. The summed E-state index contributed by atoms with van der Waals surface area (Å²) in [5.41, 5.74) is -1.31. The van der Waals surface area contributed by atoms with Crippen molar-refractivity contribution in [1.82, 2.24) is 15.5 Å². The van der Waals surface area contributed by atoms with E-state index in [1.54, 1.807) is 41.5 Å². The summed E-state index contributed by atoms with van der Waals surface area (Å²) in [5.74, 6) is 0. The van der Waals surface area contributed by atoms with Crippen LogP contribution < -0.4 is 10.6 Å². The molecule has 0 unspecified atom stereocenters. The van der Waals surface area contributed by atoms with Crippen molar-refractivity contribution in [3.05, 3.63) is 12.7 Å². The zero-order chi connectivity index (χ0) is 23.4. The first-order chi connectivity index (χ1) is 13.7. The summed E-state index contributed by atoms with van der Waals surface area (Å²) in [6, 6.07) is 0. The van der Waals surface area contributed by atoms with Gasteiger partial charge in [-0.25, -0.2) is 14.4 Å². The van der Waals surface area contributed by atoms with Gasteiger partial charge in [-0.15, -0.1) is 0 Å². The van der Waals surface area contributed by atoms with E-state index in [-0.39, 0.29) is 32.8 Å². The van der Waals surface area contributed by atoms with Gasteiger partial charge < -0.3 is 34.9 Å². The zero-order valence-corrected chi connectivity index (χ0v) is 18.9. The van der Waals surface area contributed by atoms with E-state index < -0.39 is 35.6 Å². The van der Waals surface area contributed by atoms with Crippen LogP contribution in [0.15, 0.2) is 12.7 Å². The molecule has 10 nitrogen and oxygen atoms in total. The van der Waals surface area contributed by atoms with Crippen LogP contribution in [0.5, 0.6) is 0 Å². The lowest BCUT2D eigenvalue weighted by atomic mass is 10.2. The number of nitrogens with one attached hydrogen (secondary N) is 2. The SMILES string of the molecule is C=CCOC(=O)NC[C@@H](O)CN(CCCNC(=O)OC(C)(C)C)C(=O)OC(C)(C)C. The Bertz CT molecular complexity index is 568. The molecule has 0 aromatic heterocycles. The normalized spacial score (nSPS) is 12.4. The molecular weight excluding hydrogens is 394 g/mol. The number of ether oxygens (including phenoxy) is 3. The molecule has 0 saturated carbocycles. The molecule has 0 aliphatic carbocycles. The number of aliphatic hydroxyl groups is 1. The van der Waals surface area contributed by atoms with Crippen LogP contribution in [0.1, 0.15) is 48.0 Å². The quantitative estimate of drug-likeness (QED) is 0.275. The lowest BCUT2D eigenvalue weighted by Crippen LogP contribution is -2.45. The van der Waals surface area contributed by atoms with Crippen molar-refractivity contribution in [2.45, 2.75) is 65.3 Å². The van der Waals surface area contributed by atoms with Gasteiger partial charge in [0.2, 0.25) is 0 Å². The average molecular weight is 432 g/mol. The summed E-state index contributed by atoms with van der Waals surface area (Å²) in [7, 11) is 0. The van der Waals surface area contributed by atoms with Crippen molar-refractivity contribution >= 4 is 18.3 Å². The number of aliphatic hydroxyl groups excluding tert-OH is 1. The van der Waals surface area contributed by atoms with Gasteiger partial charge in [0.15, 0.2) is 0 Å². The molecule has 3 amide bonds. The standard InChI is InChI=1S/C20H37N3O7/c1-8-12-28-16(25)22-13-15(24)14-23(18(27)30-20(5,6)7)11-9-10-21-17(26)29-19(2,3)4/h8,15,24H,1,9-14H2,2-7H3,(H,21,26)(H,22,25)/t15-/m1/s1. The molecule has 0 spiro atoms. The van der Waals surface area contributed by atoms with E-state index in [0.717, 1.165) is 0 Å². The number of nitrogens with zero attached hydrogens (tertiary/aromatic N) is 1. The van der Waals surface area contributed by atoms with Crippen molar-refractivity contribution in [3.63, 3.8) is 0 Å². The number of carbonyl (C=O) groups is 3. The maximum atomic E-state index is 12.4. The molecule has 0 bridgehead atoms. The fraction of sp³-hybridized carbons (Fsp3) is 0.750. The van der Waals surface area contributed by atoms with Crippen LogP contribution in [0, 0.1) is 0 Å². The van der Waals surface area contributed by atoms with Gasteiger partial charge in [-0.3, -0.25) is 0 Å². The Hall–Kier alpha value is -2.49. The number of rotatable bonds is 10. The van der Waals surface area contributed by atoms with E-state index in [9.17, 15) is 19.5 Å². The third-order valence-corrected chi connectivity index (χ3v) is 3.17. The molecule has 0 aromatic rings. The predicted octanol–water partition coefficient (Wildman–Crippen LogP) is 2.41. The van der Waals surface area contributed by atoms with Gasteiger partial charge in [0, 0.05) is 19.6 Å². The van der Waals surface area contributed by atoms with Gasteiger partial charge in [-0.1, -0.05) is 12.7 Å². The Morgan fingerprint density at radius 2 is 1.63 bits per heavy atom. The van der Waals surface area contributed by atoms with Crippen molar-refractivity contribution in [2.24, 2.45) is 0 Å². The molecule has 174 valence electrons. The van der Waals surface area contributed by atoms with Crippen molar-refractivity contribution in [2.75, 3.05) is 32.8 Å². The summed E-state index contributed by atoms with van der Waals surface area (Å²) in [6.45, 7) is 14.3. The van der Waals surface area contributed by atoms with Crippen LogP contribution in [0.4, 0.5) is 14.4 Å². The van der Waals surface area contributed by atoms with E-state index in [1.807, 2.05) is 0 Å². The first-order valence-electron chi connectivity index (χ1n) is 9.88. The topological polar surface area (TPSA) is 126 Å². The van der Waals surface area contributed by atoms with Crippen molar-refractivity contribution in [1.29, 1.82) is 0 Å². The fourth-order valence-corrected chi connectivity index (χ4v) is 2.06. The predicted molar refractivity (Wildman–Crippen MR) is 112 cm³/mol. The monoisotopic (exact) mass is 431 g/mol. The molecule has 0 radical (unpaired) electrons. The number of alkyl carbamates (subject to hydrolysis) is 2. The Kier molecular flexibility index (Phi) is 11.9. The summed E-state index contributed by atoms with van der Waals surface area (Å²) < 4.78 is 15.3. The minimum absolute atomic E-state index is 0.0522. The molecule has 0 aliphatic rings. The molecule has 3 N–H and O–H groups in total. The second-order valence-electron chi connectivity index (χ2n) is 8.63. The zero-order valence-electron chi connectivity index (χ0n) is 18.9. The number of amides is 3. The molecule has 30 heavy (non-hydrogen) atoms. The minimum atomic E-state index is -1.03. The van der Waals surface area contributed by atoms with Crippen LogP contribution in [0.25, 0.3) is 0 Å². The second-order valence-corrected chi connectivity index (χ2v) is 8.63. The van der Waals surface area contributed by atoms with E-state index in [0.29, 0.717) is 6.42 Å². The highest BCUT2D eigenvalue weighted by Crippen LogP contribution is 2.11. The van der Waals surface area contributed by atoms with E-state index in [2.05, 4.69) is 17.2 Å². The molecule has 0 heterocycles. The summed E-state index contributed by atoms with van der Waals surface area (Å²) in [5, 5.41) is 15.2. The first-order valence-corrected chi connectivity index (χ1v) is 9.88. The number of carbonyl (C=O) groups excluding carboxylic acids is 3. The van der Waals surface area contributed by atoms with Gasteiger partial charge in [-0.05, 0) is 48.0 Å². The average Bonchev–Trinajstić information content (AvgIpc) is 2.57. The third kappa shape index (κ3) is 15.4. The Labute approximate surface area is 178 Å². The van der Waals surface area contributed by atoms with E-state index in [4.69, 9.17) is 14.2 Å². The van der Waals surface area contributed by atoms with E-state index >= 15 is 0 Å². The molecule has 0 fully saturated rings.